The smallest absolute Gasteiger partial charge is 0.332 e. The van der Waals surface area contributed by atoms with Gasteiger partial charge in [-0.15, -0.1) is 0 Å². The molecule has 0 N–H and O–H groups in total. The summed E-state index contributed by atoms with van der Waals surface area (Å²) in [6, 6.07) is 7.47. The molecule has 1 amide bonds. The molecule has 0 radical (unpaired) electrons. The predicted molar refractivity (Wildman–Crippen MR) is 120 cm³/mol. The van der Waals surface area contributed by atoms with Crippen molar-refractivity contribution in [3.63, 3.8) is 0 Å². The van der Waals surface area contributed by atoms with Crippen molar-refractivity contribution in [3.05, 3.63) is 51.4 Å². The summed E-state index contributed by atoms with van der Waals surface area (Å²) in [6.07, 6.45) is 2.17. The number of para-hydroxylation sites is 2. The van der Waals surface area contributed by atoms with Crippen LogP contribution in [-0.4, -0.2) is 54.7 Å². The van der Waals surface area contributed by atoms with Gasteiger partial charge in [-0.3, -0.25) is 19.1 Å². The lowest BCUT2D eigenvalue weighted by atomic mass is 10.3. The van der Waals surface area contributed by atoms with Gasteiger partial charge in [0.1, 0.15) is 6.54 Å². The molecule has 11 heteroatoms. The van der Waals surface area contributed by atoms with Crippen LogP contribution in [0.5, 0.6) is 0 Å². The van der Waals surface area contributed by atoms with Gasteiger partial charge in [0.05, 0.1) is 17.4 Å². The van der Waals surface area contributed by atoms with Gasteiger partial charge in [-0.25, -0.2) is 24.3 Å². The topological polar surface area (TPSA) is 111 Å². The molecule has 0 atom stereocenters. The number of anilines is 2. The molecule has 0 saturated carbocycles. The monoisotopic (exact) mass is 434 g/mol. The maximum atomic E-state index is 13.4. The molecule has 1 aliphatic rings. The van der Waals surface area contributed by atoms with Crippen LogP contribution in [0.1, 0.15) is 6.42 Å². The van der Waals surface area contributed by atoms with E-state index in [0.29, 0.717) is 36.7 Å². The van der Waals surface area contributed by atoms with E-state index < -0.39 is 23.7 Å². The van der Waals surface area contributed by atoms with Gasteiger partial charge < -0.3 is 9.47 Å². The van der Waals surface area contributed by atoms with Crippen molar-refractivity contribution in [1.29, 1.82) is 0 Å². The number of aryl methyl sites for hydroxylation is 2. The molecule has 11 nitrogen and oxygen atoms in total. The highest BCUT2D eigenvalue weighted by Gasteiger charge is 2.28. The van der Waals surface area contributed by atoms with Gasteiger partial charge in [-0.1, -0.05) is 12.1 Å². The summed E-state index contributed by atoms with van der Waals surface area (Å²) in [5.41, 5.74) is 0.814. The van der Waals surface area contributed by atoms with Gasteiger partial charge in [-0.2, -0.15) is 0 Å². The standard InChI is InChI=1S/C21H22N8O3/c1-25-9-6-10-28(19-18(25)23-13-7-4-5-8-14(13)24-19)15(30)11-29-20(31)16-17(22-12-26(16)2)27(3)21(29)32/h4-5,7-8,12H,6,9-11H2,1-3H3. The number of carbonyl (C=O) groups is 1. The Hall–Kier alpha value is -4.02. The fourth-order valence-electron chi connectivity index (χ4n) is 4.10. The molecule has 5 rings (SSSR count). The second kappa shape index (κ2) is 7.29. The fraction of sp³-hybridized carbons (Fsp3) is 0.333. The first kappa shape index (κ1) is 19.9. The minimum atomic E-state index is -0.591. The molecule has 0 saturated heterocycles. The number of amides is 1. The Kier molecular flexibility index (Phi) is 4.54. The summed E-state index contributed by atoms with van der Waals surface area (Å²) in [5.74, 6) is 0.629. The Morgan fingerprint density at radius 2 is 1.69 bits per heavy atom. The van der Waals surface area contributed by atoms with Gasteiger partial charge in [-0.05, 0) is 18.6 Å². The van der Waals surface area contributed by atoms with Crippen LogP contribution >= 0.6 is 0 Å². The predicted octanol–water partition coefficient (Wildman–Crippen LogP) is 0.250. The van der Waals surface area contributed by atoms with Gasteiger partial charge in [0, 0.05) is 34.2 Å². The van der Waals surface area contributed by atoms with Gasteiger partial charge in [0.2, 0.25) is 5.91 Å². The minimum Gasteiger partial charge on any atom is -0.357 e. The van der Waals surface area contributed by atoms with Crippen molar-refractivity contribution < 1.29 is 4.79 Å². The molecule has 1 aromatic carbocycles. The third-order valence-corrected chi connectivity index (χ3v) is 5.82. The molecule has 4 aromatic rings. The number of aromatic nitrogens is 6. The van der Waals surface area contributed by atoms with Crippen molar-refractivity contribution in [2.75, 3.05) is 29.9 Å². The number of benzene rings is 1. The van der Waals surface area contributed by atoms with Crippen LogP contribution in [0.3, 0.4) is 0 Å². The molecule has 0 unspecified atom stereocenters. The lowest BCUT2D eigenvalue weighted by Gasteiger charge is -2.23. The van der Waals surface area contributed by atoms with Gasteiger partial charge in [0.25, 0.3) is 5.56 Å². The van der Waals surface area contributed by atoms with E-state index in [4.69, 9.17) is 9.97 Å². The van der Waals surface area contributed by atoms with Crippen molar-refractivity contribution >= 4 is 39.7 Å². The van der Waals surface area contributed by atoms with E-state index in [1.54, 1.807) is 11.6 Å². The SMILES string of the molecule is CN1CCCN(C(=O)Cn2c(=O)c3c(ncn3C)n(C)c2=O)c2nc3ccccc3nc21. The van der Waals surface area contributed by atoms with E-state index in [2.05, 4.69) is 4.98 Å². The highest BCUT2D eigenvalue weighted by molar-refractivity contribution is 5.96. The van der Waals surface area contributed by atoms with Crippen LogP contribution in [-0.2, 0) is 25.4 Å². The van der Waals surface area contributed by atoms with Gasteiger partial charge in [0.15, 0.2) is 22.8 Å². The highest BCUT2D eigenvalue weighted by Crippen LogP contribution is 2.30. The number of hydrogen-bond acceptors (Lipinski definition) is 7. The van der Waals surface area contributed by atoms with Crippen LogP contribution in [0.2, 0.25) is 0 Å². The first-order valence-electron chi connectivity index (χ1n) is 10.3. The van der Waals surface area contributed by atoms with Crippen LogP contribution in [0.15, 0.2) is 40.2 Å². The molecule has 1 aliphatic heterocycles. The third-order valence-electron chi connectivity index (χ3n) is 5.82. The van der Waals surface area contributed by atoms with Crippen LogP contribution in [0.4, 0.5) is 11.6 Å². The molecule has 0 bridgehead atoms. The van der Waals surface area contributed by atoms with Gasteiger partial charge >= 0.3 is 5.69 Å². The van der Waals surface area contributed by atoms with Crippen molar-refractivity contribution in [2.45, 2.75) is 13.0 Å². The van der Waals surface area contributed by atoms with E-state index in [9.17, 15) is 14.4 Å². The maximum Gasteiger partial charge on any atom is 0.332 e. The summed E-state index contributed by atoms with van der Waals surface area (Å²) in [7, 11) is 5.12. The Morgan fingerprint density at radius 1 is 1.00 bits per heavy atom. The average molecular weight is 434 g/mol. The van der Waals surface area contributed by atoms with Crippen LogP contribution in [0.25, 0.3) is 22.2 Å². The molecule has 32 heavy (non-hydrogen) atoms. The summed E-state index contributed by atoms with van der Waals surface area (Å²) in [6.45, 7) is 0.711. The van der Waals surface area contributed by atoms with Crippen molar-refractivity contribution in [3.8, 4) is 0 Å². The highest BCUT2D eigenvalue weighted by atomic mass is 16.2. The van der Waals surface area contributed by atoms with Crippen LogP contribution < -0.4 is 21.0 Å². The third kappa shape index (κ3) is 2.96. The number of rotatable bonds is 2. The number of hydrogen-bond donors (Lipinski definition) is 0. The van der Waals surface area contributed by atoms with E-state index >= 15 is 0 Å². The zero-order chi connectivity index (χ0) is 22.6. The molecule has 0 aliphatic carbocycles. The zero-order valence-electron chi connectivity index (χ0n) is 18.0. The lowest BCUT2D eigenvalue weighted by Crippen LogP contribution is -2.45. The summed E-state index contributed by atoms with van der Waals surface area (Å²) in [4.78, 5) is 56.3. The second-order valence-corrected chi connectivity index (χ2v) is 7.94. The number of nitrogens with zero attached hydrogens (tertiary/aromatic N) is 8. The molecular formula is C21H22N8O3. The quantitative estimate of drug-likeness (QED) is 0.445. The largest absolute Gasteiger partial charge is 0.357 e. The van der Waals surface area contributed by atoms with E-state index in [-0.39, 0.29) is 11.2 Å². The molecule has 0 fully saturated rings. The first-order valence-corrected chi connectivity index (χ1v) is 10.3. The molecule has 0 spiro atoms. The first-order chi connectivity index (χ1) is 15.4. The normalized spacial score (nSPS) is 14.1. The number of fused-ring (bicyclic) bond motifs is 3. The minimum absolute atomic E-state index is 0.265. The zero-order valence-corrected chi connectivity index (χ0v) is 18.0. The van der Waals surface area contributed by atoms with E-state index in [1.165, 1.54) is 22.8 Å². The van der Waals surface area contributed by atoms with E-state index in [0.717, 1.165) is 10.1 Å². The number of carbonyl (C=O) groups excluding carboxylic acids is 1. The Morgan fingerprint density at radius 3 is 2.41 bits per heavy atom. The van der Waals surface area contributed by atoms with Crippen LogP contribution in [0, 0.1) is 0 Å². The fourth-order valence-corrected chi connectivity index (χ4v) is 4.10. The van der Waals surface area contributed by atoms with Crippen molar-refractivity contribution in [1.82, 2.24) is 28.7 Å². The second-order valence-electron chi connectivity index (χ2n) is 7.94. The number of imidazole rings is 1. The van der Waals surface area contributed by atoms with E-state index in [1.807, 2.05) is 36.2 Å². The summed E-state index contributed by atoms with van der Waals surface area (Å²) >= 11 is 0. The molecular weight excluding hydrogens is 412 g/mol. The summed E-state index contributed by atoms with van der Waals surface area (Å²) in [5, 5.41) is 0. The average Bonchev–Trinajstić information content (AvgIpc) is 3.10. The summed E-state index contributed by atoms with van der Waals surface area (Å²) < 4.78 is 3.78. The lowest BCUT2D eigenvalue weighted by molar-refractivity contribution is -0.119. The Bertz CT molecular complexity index is 1500. The van der Waals surface area contributed by atoms with Crippen molar-refractivity contribution in [2.24, 2.45) is 14.1 Å². The Labute approximate surface area is 182 Å². The molecule has 164 valence electrons. The molecule has 4 heterocycles. The maximum absolute atomic E-state index is 13.4. The molecule has 3 aromatic heterocycles. The Balaban J connectivity index is 1.61.